The van der Waals surface area contributed by atoms with Crippen LogP contribution in [0.3, 0.4) is 0 Å². The summed E-state index contributed by atoms with van der Waals surface area (Å²) >= 11 is 5.25. The summed E-state index contributed by atoms with van der Waals surface area (Å²) in [5, 5.41) is 7.50. The van der Waals surface area contributed by atoms with E-state index >= 15 is 0 Å². The molecule has 0 aliphatic heterocycles. The van der Waals surface area contributed by atoms with Crippen molar-refractivity contribution in [3.05, 3.63) is 91.0 Å². The molecular weight excluding hydrogens is 319 g/mol. The Morgan fingerprint density at radius 2 is 0.957 bits per heavy atom. The van der Waals surface area contributed by atoms with E-state index in [1.807, 2.05) is 18.2 Å². The molecule has 4 heteroatoms. The second-order valence-electron chi connectivity index (χ2n) is 5.34. The Hall–Kier alpha value is -2.22. The standard InChI is InChI=1S/C19H19N2PS/c20-19(23)21-22(16-10-4-1-5-11-16,17-12-6-2-7-13-17)18-14-8-3-9-15-18/h1-15,22H,(H3,20,21,23). The molecule has 3 N–H and O–H groups in total. The van der Waals surface area contributed by atoms with Crippen LogP contribution in [0.1, 0.15) is 0 Å². The fourth-order valence-corrected chi connectivity index (χ4v) is 7.31. The molecule has 0 atom stereocenters. The van der Waals surface area contributed by atoms with Gasteiger partial charge in [0.25, 0.3) is 0 Å². The van der Waals surface area contributed by atoms with E-state index in [-0.39, 0.29) is 0 Å². The molecule has 0 aliphatic rings. The van der Waals surface area contributed by atoms with Crippen LogP contribution in [-0.4, -0.2) is 5.11 Å². The number of rotatable bonds is 4. The van der Waals surface area contributed by atoms with Crippen LogP contribution >= 0.6 is 19.6 Å². The molecule has 0 radical (unpaired) electrons. The fourth-order valence-electron chi connectivity index (χ4n) is 2.97. The summed E-state index contributed by atoms with van der Waals surface area (Å²) in [4.78, 5) is 0. The number of nitrogens with two attached hydrogens (primary N) is 1. The Labute approximate surface area is 142 Å². The van der Waals surface area contributed by atoms with Gasteiger partial charge in [0.1, 0.15) is 0 Å². The normalized spacial score (nSPS) is 11.7. The van der Waals surface area contributed by atoms with Crippen molar-refractivity contribution >= 4 is 40.7 Å². The van der Waals surface area contributed by atoms with Crippen LogP contribution in [0.25, 0.3) is 0 Å². The van der Waals surface area contributed by atoms with Crippen LogP contribution in [0, 0.1) is 0 Å². The van der Waals surface area contributed by atoms with Gasteiger partial charge in [0.15, 0.2) is 0 Å². The second kappa shape index (κ2) is 6.91. The average Bonchev–Trinajstić information content (AvgIpc) is 2.62. The molecule has 0 heterocycles. The molecule has 0 aromatic heterocycles. The molecule has 2 nitrogen and oxygen atoms in total. The average molecular weight is 338 g/mol. The maximum atomic E-state index is 5.95. The predicted molar refractivity (Wildman–Crippen MR) is 106 cm³/mol. The third kappa shape index (κ3) is 3.12. The summed E-state index contributed by atoms with van der Waals surface area (Å²) in [7, 11) is -2.50. The molecule has 116 valence electrons. The Morgan fingerprint density at radius 1 is 0.652 bits per heavy atom. The fraction of sp³-hybridized carbons (Fsp3) is 0. The topological polar surface area (TPSA) is 38.0 Å². The molecule has 0 fully saturated rings. The van der Waals surface area contributed by atoms with Gasteiger partial charge in [-0.1, -0.05) is 0 Å². The molecule has 0 saturated carbocycles. The van der Waals surface area contributed by atoms with Gasteiger partial charge in [-0.25, -0.2) is 0 Å². The van der Waals surface area contributed by atoms with Gasteiger partial charge in [-0.3, -0.25) is 0 Å². The van der Waals surface area contributed by atoms with Gasteiger partial charge >= 0.3 is 142 Å². The molecule has 3 aromatic rings. The van der Waals surface area contributed by atoms with Crippen molar-refractivity contribution in [3.63, 3.8) is 0 Å². The number of benzene rings is 3. The zero-order valence-electron chi connectivity index (χ0n) is 12.6. The van der Waals surface area contributed by atoms with Crippen molar-refractivity contribution in [2.45, 2.75) is 0 Å². The minimum absolute atomic E-state index is 0.327. The van der Waals surface area contributed by atoms with Gasteiger partial charge in [0, 0.05) is 0 Å². The Bertz CT molecular complexity index is 680. The molecule has 0 spiro atoms. The molecule has 3 rings (SSSR count). The molecule has 23 heavy (non-hydrogen) atoms. The Balaban J connectivity index is 2.32. The molecule has 0 bridgehead atoms. The van der Waals surface area contributed by atoms with E-state index in [0.29, 0.717) is 5.11 Å². The zero-order chi connectivity index (χ0) is 16.1. The van der Waals surface area contributed by atoms with Crippen LogP contribution < -0.4 is 26.7 Å². The van der Waals surface area contributed by atoms with Gasteiger partial charge in [0.05, 0.1) is 0 Å². The van der Waals surface area contributed by atoms with Crippen molar-refractivity contribution in [2.75, 3.05) is 0 Å². The van der Waals surface area contributed by atoms with E-state index in [9.17, 15) is 0 Å². The molecule has 0 unspecified atom stereocenters. The van der Waals surface area contributed by atoms with Crippen LogP contribution in [0.15, 0.2) is 91.0 Å². The first-order valence-electron chi connectivity index (χ1n) is 7.47. The van der Waals surface area contributed by atoms with Crippen LogP contribution in [0.2, 0.25) is 0 Å². The monoisotopic (exact) mass is 338 g/mol. The molecule has 0 saturated heterocycles. The predicted octanol–water partition coefficient (Wildman–Crippen LogP) is 2.46. The maximum absolute atomic E-state index is 5.95. The molecule has 0 amide bonds. The van der Waals surface area contributed by atoms with Gasteiger partial charge in [0.2, 0.25) is 0 Å². The van der Waals surface area contributed by atoms with Crippen molar-refractivity contribution in [3.8, 4) is 0 Å². The van der Waals surface area contributed by atoms with E-state index in [0.717, 1.165) is 0 Å². The second-order valence-corrected chi connectivity index (χ2v) is 9.26. The first-order chi connectivity index (χ1) is 11.2. The van der Waals surface area contributed by atoms with Crippen LogP contribution in [0.4, 0.5) is 0 Å². The third-order valence-electron chi connectivity index (χ3n) is 3.93. The number of hydrogen-bond donors (Lipinski definition) is 2. The van der Waals surface area contributed by atoms with Gasteiger partial charge < -0.3 is 0 Å². The number of nitrogens with one attached hydrogen (secondary N) is 1. The van der Waals surface area contributed by atoms with Crippen LogP contribution in [0.5, 0.6) is 0 Å². The third-order valence-corrected chi connectivity index (χ3v) is 8.46. The van der Waals surface area contributed by atoms with Crippen molar-refractivity contribution in [1.29, 1.82) is 0 Å². The van der Waals surface area contributed by atoms with Crippen molar-refractivity contribution < 1.29 is 0 Å². The Kier molecular flexibility index (Phi) is 4.71. The summed E-state index contributed by atoms with van der Waals surface area (Å²) in [5.74, 6) is 0. The van der Waals surface area contributed by atoms with E-state index in [1.54, 1.807) is 0 Å². The molecule has 0 aliphatic carbocycles. The molecule has 3 aromatic carbocycles. The summed E-state index contributed by atoms with van der Waals surface area (Å²) < 4.78 is 0. The van der Waals surface area contributed by atoms with Crippen LogP contribution in [-0.2, 0) is 0 Å². The van der Waals surface area contributed by atoms with Crippen molar-refractivity contribution in [2.24, 2.45) is 5.73 Å². The quantitative estimate of drug-likeness (QED) is 0.567. The van der Waals surface area contributed by atoms with Gasteiger partial charge in [-0.15, -0.1) is 0 Å². The summed E-state index contributed by atoms with van der Waals surface area (Å²) in [6.45, 7) is 0. The van der Waals surface area contributed by atoms with E-state index in [2.05, 4.69) is 77.9 Å². The summed E-state index contributed by atoms with van der Waals surface area (Å²) in [6, 6.07) is 31.3. The van der Waals surface area contributed by atoms with Gasteiger partial charge in [-0.05, 0) is 0 Å². The van der Waals surface area contributed by atoms with E-state index in [4.69, 9.17) is 18.0 Å². The Morgan fingerprint density at radius 3 is 1.22 bits per heavy atom. The molecular formula is C19H19N2PS. The summed E-state index contributed by atoms with van der Waals surface area (Å²) in [6.07, 6.45) is 0. The summed E-state index contributed by atoms with van der Waals surface area (Å²) in [5.41, 5.74) is 5.95. The SMILES string of the molecule is NC(=S)N[PH](c1ccccc1)(c1ccccc1)c1ccccc1. The van der Waals surface area contributed by atoms with E-state index in [1.165, 1.54) is 15.9 Å². The zero-order valence-corrected chi connectivity index (χ0v) is 14.5. The van der Waals surface area contributed by atoms with Crippen molar-refractivity contribution in [1.82, 2.24) is 5.09 Å². The first kappa shape index (κ1) is 15.7. The number of thiocarbonyl (C=S) groups is 1. The number of hydrogen-bond acceptors (Lipinski definition) is 1. The first-order valence-corrected chi connectivity index (χ1v) is 9.88. The van der Waals surface area contributed by atoms with Gasteiger partial charge in [-0.2, -0.15) is 0 Å². The van der Waals surface area contributed by atoms with E-state index < -0.39 is 7.41 Å². The minimum atomic E-state index is -2.50.